The van der Waals surface area contributed by atoms with Crippen LogP contribution >= 0.6 is 0 Å². The molecule has 276 valence electrons. The van der Waals surface area contributed by atoms with Gasteiger partial charge >= 0.3 is 26.3 Å². The quantitative estimate of drug-likeness (QED) is 0.0593. The Morgan fingerprint density at radius 3 is 1.98 bits per heavy atom. The van der Waals surface area contributed by atoms with Crippen LogP contribution in [-0.4, -0.2) is 70.3 Å². The van der Waals surface area contributed by atoms with Crippen LogP contribution in [0.2, 0.25) is 0 Å². The summed E-state index contributed by atoms with van der Waals surface area (Å²) >= 11 is 0. The highest BCUT2D eigenvalue weighted by Gasteiger charge is 2.50. The van der Waals surface area contributed by atoms with Crippen LogP contribution < -0.4 is 21.0 Å². The lowest BCUT2D eigenvalue weighted by atomic mass is 9.70. The van der Waals surface area contributed by atoms with Gasteiger partial charge in [0.2, 0.25) is 0 Å². The maximum atomic E-state index is 13.9. The zero-order valence-corrected chi connectivity index (χ0v) is 29.3. The molecule has 55 heavy (non-hydrogen) atoms. The lowest BCUT2D eigenvalue weighted by molar-refractivity contribution is -0.131. The minimum Gasteiger partial charge on any atom is -0.507 e. The van der Waals surface area contributed by atoms with Crippen LogP contribution in [0, 0.1) is 0 Å². The number of phenolic OH excluding ortho intramolecular Hbond substituents is 2. The van der Waals surface area contributed by atoms with Gasteiger partial charge in [-0.2, -0.15) is 0 Å². The molecule has 0 aliphatic heterocycles. The molecule has 0 radical (unpaired) electrons. The number of carbonyl (C=O) groups is 4. The van der Waals surface area contributed by atoms with E-state index in [1.54, 1.807) is 78.9 Å². The largest absolute Gasteiger partial charge is 0.507 e. The standard InChI is InChI=1S/C40H33B2NO12/c1-23(44)53-27-16-10-15-26(19-27)43-39(49)52-22-40(55-42(51)25-13-6-3-7-14-25)20-30-32(31(21-40)54-41(50)24-11-4-2-5-12-24)38(48)34-33(37(30)47)35(45)28-17-8-9-18-29(28)36(34)46/h2-19,31,47-48,50-51H,20-22H2,1H3,(H,43,49)/t31-,40-/m0/s1. The first-order chi connectivity index (χ1) is 26.4. The van der Waals surface area contributed by atoms with Gasteiger partial charge in [-0.3, -0.25) is 19.7 Å². The predicted molar refractivity (Wildman–Crippen MR) is 200 cm³/mol. The smallest absolute Gasteiger partial charge is 0.491 e. The minimum absolute atomic E-state index is 0.0255. The van der Waals surface area contributed by atoms with E-state index in [9.17, 15) is 39.4 Å². The molecule has 0 saturated carbocycles. The predicted octanol–water partition coefficient (Wildman–Crippen LogP) is 3.58. The molecule has 0 unspecified atom stereocenters. The van der Waals surface area contributed by atoms with Crippen molar-refractivity contribution in [3.63, 3.8) is 0 Å². The van der Waals surface area contributed by atoms with Crippen LogP contribution in [0.4, 0.5) is 10.5 Å². The number of phenols is 2. The van der Waals surface area contributed by atoms with E-state index in [-0.39, 0.29) is 46.5 Å². The van der Waals surface area contributed by atoms with Crippen LogP contribution in [0.5, 0.6) is 17.2 Å². The Labute approximate surface area is 315 Å². The third kappa shape index (κ3) is 7.46. The molecule has 5 aromatic carbocycles. The minimum atomic E-state index is -1.77. The summed E-state index contributed by atoms with van der Waals surface area (Å²) < 4.78 is 23.3. The van der Waals surface area contributed by atoms with E-state index in [1.165, 1.54) is 37.3 Å². The van der Waals surface area contributed by atoms with Crippen molar-refractivity contribution >= 4 is 54.5 Å². The Bertz CT molecular complexity index is 2310. The average molecular weight is 741 g/mol. The second-order valence-corrected chi connectivity index (χ2v) is 13.2. The molecule has 0 heterocycles. The molecule has 7 rings (SSSR count). The van der Waals surface area contributed by atoms with E-state index in [4.69, 9.17) is 18.8 Å². The van der Waals surface area contributed by atoms with Crippen molar-refractivity contribution in [1.29, 1.82) is 0 Å². The second kappa shape index (κ2) is 15.2. The fraction of sp³-hybridized carbons (Fsp3) is 0.150. The van der Waals surface area contributed by atoms with Crippen LogP contribution in [0.15, 0.2) is 109 Å². The van der Waals surface area contributed by atoms with Gasteiger partial charge in [0, 0.05) is 53.8 Å². The van der Waals surface area contributed by atoms with Crippen LogP contribution in [0.25, 0.3) is 0 Å². The molecular formula is C40H33B2NO12. The monoisotopic (exact) mass is 741 g/mol. The van der Waals surface area contributed by atoms with Gasteiger partial charge in [-0.25, -0.2) is 4.79 Å². The van der Waals surface area contributed by atoms with Crippen molar-refractivity contribution in [2.24, 2.45) is 0 Å². The van der Waals surface area contributed by atoms with Crippen molar-refractivity contribution in [3.8, 4) is 17.2 Å². The Balaban J connectivity index is 1.31. The number of esters is 1. The van der Waals surface area contributed by atoms with Crippen LogP contribution in [0.3, 0.4) is 0 Å². The normalized spacial score (nSPS) is 17.0. The molecule has 1 amide bonds. The summed E-state index contributed by atoms with van der Waals surface area (Å²) in [6, 6.07) is 28.6. The molecule has 0 spiro atoms. The van der Waals surface area contributed by atoms with Crippen molar-refractivity contribution in [2.75, 3.05) is 11.9 Å². The summed E-state index contributed by atoms with van der Waals surface area (Å²) in [7, 11) is -3.24. The molecule has 5 N–H and O–H groups in total. The summed E-state index contributed by atoms with van der Waals surface area (Å²) in [4.78, 5) is 52.5. The fourth-order valence-electron chi connectivity index (χ4n) is 7.02. The second-order valence-electron chi connectivity index (χ2n) is 13.2. The number of anilines is 1. The zero-order valence-electron chi connectivity index (χ0n) is 29.3. The number of ether oxygens (including phenoxy) is 2. The van der Waals surface area contributed by atoms with E-state index in [0.717, 1.165) is 0 Å². The number of ketones is 2. The van der Waals surface area contributed by atoms with E-state index in [2.05, 4.69) is 5.32 Å². The molecular weight excluding hydrogens is 708 g/mol. The molecule has 2 atom stereocenters. The number of hydrogen-bond acceptors (Lipinski definition) is 12. The maximum Gasteiger partial charge on any atom is 0.491 e. The highest BCUT2D eigenvalue weighted by molar-refractivity contribution is 6.60. The highest BCUT2D eigenvalue weighted by atomic mass is 16.6. The zero-order chi connectivity index (χ0) is 38.9. The van der Waals surface area contributed by atoms with Crippen molar-refractivity contribution in [1.82, 2.24) is 0 Å². The van der Waals surface area contributed by atoms with Crippen molar-refractivity contribution in [2.45, 2.75) is 31.5 Å². The summed E-state index contributed by atoms with van der Waals surface area (Å²) in [5.74, 6) is -3.08. The fourth-order valence-corrected chi connectivity index (χ4v) is 7.02. The van der Waals surface area contributed by atoms with Gasteiger partial charge in [-0.1, -0.05) is 91.0 Å². The van der Waals surface area contributed by atoms with E-state index >= 15 is 0 Å². The summed E-state index contributed by atoms with van der Waals surface area (Å²) in [6.45, 7) is 0.635. The number of rotatable bonds is 10. The van der Waals surface area contributed by atoms with Gasteiger partial charge in [0.25, 0.3) is 0 Å². The SMILES string of the molecule is CC(=O)Oc1cccc(NC(=O)OC[C@]2(OB(O)c3ccccc3)Cc3c(O)c4c(c(O)c3[C@@H](OB(O)c3ccccc3)C2)C(=O)c2ccccc2C4=O)c1. The Morgan fingerprint density at radius 1 is 0.782 bits per heavy atom. The van der Waals surface area contributed by atoms with Gasteiger partial charge < -0.3 is 39.0 Å². The van der Waals surface area contributed by atoms with Crippen molar-refractivity contribution < 1.29 is 58.2 Å². The van der Waals surface area contributed by atoms with Gasteiger partial charge in [0.1, 0.15) is 23.9 Å². The lowest BCUT2D eigenvalue weighted by Gasteiger charge is -2.43. The molecule has 15 heteroatoms. The molecule has 2 aliphatic carbocycles. The van der Waals surface area contributed by atoms with Gasteiger partial charge in [0.05, 0.1) is 22.8 Å². The first-order valence-corrected chi connectivity index (χ1v) is 17.3. The first kappa shape index (κ1) is 37.1. The molecule has 0 aromatic heterocycles. The molecule has 0 bridgehead atoms. The number of amides is 1. The number of hydrogen-bond donors (Lipinski definition) is 5. The summed E-state index contributed by atoms with van der Waals surface area (Å²) in [5, 5.41) is 49.1. The molecule has 0 fully saturated rings. The van der Waals surface area contributed by atoms with E-state index in [0.29, 0.717) is 10.9 Å². The number of fused-ring (bicyclic) bond motifs is 3. The number of carbonyl (C=O) groups excluding carboxylic acids is 4. The summed E-state index contributed by atoms with van der Waals surface area (Å²) in [5.41, 5.74) is -1.86. The summed E-state index contributed by atoms with van der Waals surface area (Å²) in [6.07, 6.45) is -3.05. The Hall–Kier alpha value is -6.25. The molecule has 0 saturated heterocycles. The number of nitrogens with one attached hydrogen (secondary N) is 1. The van der Waals surface area contributed by atoms with Gasteiger partial charge in [0.15, 0.2) is 11.6 Å². The topological polar surface area (TPSA) is 198 Å². The maximum absolute atomic E-state index is 13.9. The third-order valence-corrected chi connectivity index (χ3v) is 9.47. The van der Waals surface area contributed by atoms with Gasteiger partial charge in [-0.15, -0.1) is 0 Å². The average Bonchev–Trinajstić information content (AvgIpc) is 3.18. The van der Waals surface area contributed by atoms with Crippen molar-refractivity contribution in [3.05, 3.63) is 143 Å². The van der Waals surface area contributed by atoms with E-state index < -0.39 is 78.8 Å². The Morgan fingerprint density at radius 2 is 1.36 bits per heavy atom. The molecule has 2 aliphatic rings. The first-order valence-electron chi connectivity index (χ1n) is 17.3. The Kier molecular flexibility index (Phi) is 10.3. The van der Waals surface area contributed by atoms with E-state index in [1.807, 2.05) is 0 Å². The number of benzene rings is 5. The third-order valence-electron chi connectivity index (χ3n) is 9.47. The molecule has 13 nitrogen and oxygen atoms in total. The highest BCUT2D eigenvalue weighted by Crippen LogP contribution is 2.52. The van der Waals surface area contributed by atoms with Crippen LogP contribution in [0.1, 0.15) is 62.4 Å². The van der Waals surface area contributed by atoms with Crippen LogP contribution in [-0.2, 0) is 25.3 Å². The molecule has 5 aromatic rings. The lowest BCUT2D eigenvalue weighted by Crippen LogP contribution is -2.53. The number of aromatic hydroxyl groups is 2. The van der Waals surface area contributed by atoms with Gasteiger partial charge in [-0.05, 0) is 23.1 Å².